The summed E-state index contributed by atoms with van der Waals surface area (Å²) in [4.78, 5) is 12.3. The molecule has 5 fully saturated rings. The Morgan fingerprint density at radius 1 is 1.12 bits per heavy atom. The number of nitrogens with one attached hydrogen (secondary N) is 1. The maximum atomic E-state index is 12.3. The van der Waals surface area contributed by atoms with Gasteiger partial charge in [0.25, 0.3) is 0 Å². The van der Waals surface area contributed by atoms with Gasteiger partial charge in [0.15, 0.2) is 9.84 Å². The summed E-state index contributed by atoms with van der Waals surface area (Å²) < 4.78 is 23.0. The van der Waals surface area contributed by atoms with Crippen molar-refractivity contribution in [2.75, 3.05) is 18.1 Å². The van der Waals surface area contributed by atoms with Crippen LogP contribution in [0.3, 0.4) is 0 Å². The number of sulfone groups is 1. The number of allylic oxidation sites excluding steroid dienone is 1. The van der Waals surface area contributed by atoms with Crippen LogP contribution in [0, 0.1) is 29.1 Å². The van der Waals surface area contributed by atoms with Crippen LogP contribution in [-0.4, -0.2) is 32.4 Å². The van der Waals surface area contributed by atoms with Crippen LogP contribution < -0.4 is 5.32 Å². The molecule has 24 heavy (non-hydrogen) atoms. The fourth-order valence-corrected chi connectivity index (χ4v) is 8.13. The Hall–Kier alpha value is -0.840. The number of amides is 1. The van der Waals surface area contributed by atoms with E-state index in [0.717, 1.165) is 17.8 Å². The van der Waals surface area contributed by atoms with Gasteiger partial charge >= 0.3 is 0 Å². The van der Waals surface area contributed by atoms with Gasteiger partial charge in [-0.1, -0.05) is 5.57 Å². The van der Waals surface area contributed by atoms with Crippen molar-refractivity contribution in [1.29, 1.82) is 0 Å². The first-order valence-electron chi connectivity index (χ1n) is 9.51. The summed E-state index contributed by atoms with van der Waals surface area (Å²) in [6, 6.07) is 0. The van der Waals surface area contributed by atoms with E-state index in [0.29, 0.717) is 13.0 Å². The van der Waals surface area contributed by atoms with Crippen molar-refractivity contribution in [2.45, 2.75) is 51.9 Å². The molecule has 0 unspecified atom stereocenters. The molecule has 5 rings (SSSR count). The normalized spacial score (nSPS) is 43.1. The molecule has 4 bridgehead atoms. The van der Waals surface area contributed by atoms with Crippen LogP contribution in [-0.2, 0) is 14.6 Å². The predicted molar refractivity (Wildman–Crippen MR) is 94.1 cm³/mol. The van der Waals surface area contributed by atoms with Gasteiger partial charge in [-0.25, -0.2) is 8.42 Å². The molecule has 1 amide bonds. The van der Waals surface area contributed by atoms with Gasteiger partial charge in [0.1, 0.15) is 0 Å². The molecule has 0 aromatic carbocycles. The highest BCUT2D eigenvalue weighted by Gasteiger charge is 2.51. The van der Waals surface area contributed by atoms with Crippen LogP contribution in [0.4, 0.5) is 0 Å². The minimum atomic E-state index is -2.86. The van der Waals surface area contributed by atoms with Crippen molar-refractivity contribution in [3.8, 4) is 0 Å². The lowest BCUT2D eigenvalue weighted by Crippen LogP contribution is -2.46. The van der Waals surface area contributed by atoms with E-state index < -0.39 is 9.84 Å². The van der Waals surface area contributed by atoms with Gasteiger partial charge in [0.05, 0.1) is 11.5 Å². The van der Waals surface area contributed by atoms with Crippen molar-refractivity contribution in [2.24, 2.45) is 29.1 Å². The molecule has 1 atom stereocenters. The number of hydrogen-bond acceptors (Lipinski definition) is 3. The summed E-state index contributed by atoms with van der Waals surface area (Å²) in [6.45, 7) is 2.63. The zero-order valence-corrected chi connectivity index (χ0v) is 15.4. The molecule has 1 saturated heterocycles. The van der Waals surface area contributed by atoms with Gasteiger partial charge in [0, 0.05) is 12.6 Å². The first-order valence-corrected chi connectivity index (χ1v) is 11.3. The molecule has 0 spiro atoms. The smallest absolute Gasteiger partial charge is 0.243 e. The van der Waals surface area contributed by atoms with E-state index in [2.05, 4.69) is 12.2 Å². The van der Waals surface area contributed by atoms with Crippen LogP contribution in [0.1, 0.15) is 51.9 Å². The summed E-state index contributed by atoms with van der Waals surface area (Å²) in [7, 11) is -2.86. The van der Waals surface area contributed by atoms with E-state index in [9.17, 15) is 13.2 Å². The van der Waals surface area contributed by atoms with Crippen molar-refractivity contribution >= 4 is 15.7 Å². The Morgan fingerprint density at radius 2 is 1.71 bits per heavy atom. The quantitative estimate of drug-likeness (QED) is 0.792. The summed E-state index contributed by atoms with van der Waals surface area (Å²) in [6.07, 6.45) is 10.6. The van der Waals surface area contributed by atoms with Gasteiger partial charge < -0.3 is 5.32 Å². The topological polar surface area (TPSA) is 63.2 Å². The standard InChI is InChI=1S/C19H29NO3S/c1-13(4-18(21)20-11-14-2-3-24(22,23)12-14)19-8-15-5-16(9-19)7-17(6-15)10-19/h4,14-17H,2-3,5-12H2,1H3,(H,20,21)/b13-4+/t14-,15?,16?,17?,19?/m1/s1. The third-order valence-electron chi connectivity index (χ3n) is 7.11. The van der Waals surface area contributed by atoms with E-state index in [4.69, 9.17) is 0 Å². The average molecular weight is 352 g/mol. The van der Waals surface area contributed by atoms with E-state index in [1.807, 2.05) is 6.08 Å². The first-order chi connectivity index (χ1) is 11.3. The lowest BCUT2D eigenvalue weighted by Gasteiger charge is -2.57. The largest absolute Gasteiger partial charge is 0.352 e. The summed E-state index contributed by atoms with van der Waals surface area (Å²) in [5, 5.41) is 2.95. The third-order valence-corrected chi connectivity index (χ3v) is 8.95. The monoisotopic (exact) mass is 351 g/mol. The highest BCUT2D eigenvalue weighted by molar-refractivity contribution is 7.91. The SMILES string of the molecule is C/C(=C\C(=O)NC[C@H]1CCS(=O)(=O)C1)C12CC3CC(CC(C3)C1)C2. The molecule has 1 heterocycles. The van der Waals surface area contributed by atoms with Crippen molar-refractivity contribution in [3.05, 3.63) is 11.6 Å². The van der Waals surface area contributed by atoms with Crippen molar-refractivity contribution in [1.82, 2.24) is 5.32 Å². The lowest BCUT2D eigenvalue weighted by atomic mass is 9.48. The number of carbonyl (C=O) groups excluding carboxylic acids is 1. The fraction of sp³-hybridized carbons (Fsp3) is 0.842. The summed E-state index contributed by atoms with van der Waals surface area (Å²) in [5.41, 5.74) is 1.54. The second kappa shape index (κ2) is 5.86. The Labute approximate surface area is 145 Å². The molecular weight excluding hydrogens is 322 g/mol. The lowest BCUT2D eigenvalue weighted by molar-refractivity contribution is -0.116. The zero-order valence-electron chi connectivity index (χ0n) is 14.6. The third kappa shape index (κ3) is 3.16. The molecule has 0 aromatic heterocycles. The van der Waals surface area contributed by atoms with E-state index in [1.54, 1.807) is 0 Å². The Morgan fingerprint density at radius 3 is 2.21 bits per heavy atom. The average Bonchev–Trinajstić information content (AvgIpc) is 2.83. The minimum absolute atomic E-state index is 0.0347. The van der Waals surface area contributed by atoms with Gasteiger partial charge in [0.2, 0.25) is 5.91 Å². The number of carbonyl (C=O) groups is 1. The van der Waals surface area contributed by atoms with E-state index in [-0.39, 0.29) is 28.7 Å². The first kappa shape index (κ1) is 16.6. The zero-order chi connectivity index (χ0) is 16.9. The highest BCUT2D eigenvalue weighted by Crippen LogP contribution is 2.62. The van der Waals surface area contributed by atoms with Gasteiger partial charge in [-0.2, -0.15) is 0 Å². The molecule has 134 valence electrons. The molecule has 4 nitrogen and oxygen atoms in total. The van der Waals surface area contributed by atoms with Crippen LogP contribution in [0.15, 0.2) is 11.6 Å². The molecular formula is C19H29NO3S. The van der Waals surface area contributed by atoms with E-state index >= 15 is 0 Å². The Bertz CT molecular complexity index is 629. The molecule has 0 aromatic rings. The second-order valence-corrected chi connectivity index (χ2v) is 11.3. The summed E-state index contributed by atoms with van der Waals surface area (Å²) in [5.74, 6) is 3.20. The van der Waals surface area contributed by atoms with Crippen LogP contribution in [0.25, 0.3) is 0 Å². The fourth-order valence-electron chi connectivity index (χ4n) is 6.27. The number of rotatable bonds is 4. The van der Waals surface area contributed by atoms with Gasteiger partial charge in [-0.15, -0.1) is 0 Å². The van der Waals surface area contributed by atoms with Crippen LogP contribution in [0.5, 0.6) is 0 Å². The predicted octanol–water partition coefficient (Wildman–Crippen LogP) is 2.70. The Kier molecular flexibility index (Phi) is 4.06. The minimum Gasteiger partial charge on any atom is -0.352 e. The molecule has 4 saturated carbocycles. The molecule has 1 N–H and O–H groups in total. The summed E-state index contributed by atoms with van der Waals surface area (Å²) >= 11 is 0. The molecule has 0 radical (unpaired) electrons. The Balaban J connectivity index is 1.37. The maximum absolute atomic E-state index is 12.3. The van der Waals surface area contributed by atoms with Crippen molar-refractivity contribution < 1.29 is 13.2 Å². The molecule has 1 aliphatic heterocycles. The van der Waals surface area contributed by atoms with Gasteiger partial charge in [-0.05, 0) is 81.0 Å². The maximum Gasteiger partial charge on any atom is 0.243 e. The highest BCUT2D eigenvalue weighted by atomic mass is 32.2. The number of hydrogen-bond donors (Lipinski definition) is 1. The van der Waals surface area contributed by atoms with E-state index in [1.165, 1.54) is 44.1 Å². The van der Waals surface area contributed by atoms with Crippen LogP contribution >= 0.6 is 0 Å². The molecule has 5 aliphatic rings. The van der Waals surface area contributed by atoms with Gasteiger partial charge in [-0.3, -0.25) is 4.79 Å². The van der Waals surface area contributed by atoms with Crippen LogP contribution in [0.2, 0.25) is 0 Å². The molecule has 4 aliphatic carbocycles. The molecule has 5 heteroatoms. The van der Waals surface area contributed by atoms with Crippen molar-refractivity contribution in [3.63, 3.8) is 0 Å². The second-order valence-electron chi connectivity index (χ2n) is 9.04.